The van der Waals surface area contributed by atoms with E-state index in [9.17, 15) is 14.9 Å². The van der Waals surface area contributed by atoms with Gasteiger partial charge in [-0.15, -0.1) is 0 Å². The van der Waals surface area contributed by atoms with E-state index in [0.29, 0.717) is 17.9 Å². The number of amides is 1. The van der Waals surface area contributed by atoms with Crippen molar-refractivity contribution < 1.29 is 19.2 Å². The van der Waals surface area contributed by atoms with E-state index >= 15 is 0 Å². The Morgan fingerprint density at radius 2 is 2.12 bits per heavy atom. The molecule has 88 valence electrons. The van der Waals surface area contributed by atoms with Gasteiger partial charge in [-0.25, -0.2) is 5.43 Å². The molecule has 1 amide bonds. The molecule has 0 saturated heterocycles. The number of carbonyl (C=O) groups is 1. The van der Waals surface area contributed by atoms with Gasteiger partial charge in [-0.05, 0) is 6.07 Å². The minimum absolute atomic E-state index is 0.0275. The number of nitrogens with one attached hydrogen (secondary N) is 1. The summed E-state index contributed by atoms with van der Waals surface area (Å²) in [7, 11) is 0. The average molecular weight is 237 g/mol. The minimum Gasteiger partial charge on any atom is -0.454 e. The van der Waals surface area contributed by atoms with Crippen molar-refractivity contribution in [2.45, 2.75) is 0 Å². The zero-order chi connectivity index (χ0) is 12.3. The zero-order valence-corrected chi connectivity index (χ0v) is 8.45. The van der Waals surface area contributed by atoms with Crippen molar-refractivity contribution >= 4 is 18.3 Å². The highest BCUT2D eigenvalue weighted by Gasteiger charge is 2.22. The summed E-state index contributed by atoms with van der Waals surface area (Å²) in [6, 6.07) is 2.68. The van der Waals surface area contributed by atoms with Crippen LogP contribution in [0.5, 0.6) is 11.5 Å². The fourth-order valence-electron chi connectivity index (χ4n) is 1.35. The van der Waals surface area contributed by atoms with Crippen LogP contribution in [0.4, 0.5) is 5.69 Å². The van der Waals surface area contributed by atoms with Crippen LogP contribution in [0.25, 0.3) is 0 Å². The Balaban J connectivity index is 2.41. The Bertz CT molecular complexity index is 500. The van der Waals surface area contributed by atoms with Gasteiger partial charge in [-0.3, -0.25) is 14.9 Å². The maximum absolute atomic E-state index is 10.8. The van der Waals surface area contributed by atoms with Crippen molar-refractivity contribution in [3.63, 3.8) is 0 Å². The van der Waals surface area contributed by atoms with Crippen LogP contribution in [0.1, 0.15) is 5.56 Å². The summed E-state index contributed by atoms with van der Waals surface area (Å²) in [5.41, 5.74) is 2.07. The summed E-state index contributed by atoms with van der Waals surface area (Å²) in [4.78, 5) is 20.2. The smallest absolute Gasteiger partial charge is 0.282 e. The molecule has 1 heterocycles. The first-order valence-corrected chi connectivity index (χ1v) is 4.52. The maximum Gasteiger partial charge on any atom is 0.282 e. The lowest BCUT2D eigenvalue weighted by Crippen LogP contribution is -2.02. The number of ether oxygens (including phenoxy) is 2. The molecular formula is C9H7N3O5. The van der Waals surface area contributed by atoms with Crippen molar-refractivity contribution in [2.75, 3.05) is 6.79 Å². The molecule has 0 fully saturated rings. The van der Waals surface area contributed by atoms with Crippen LogP contribution in [-0.2, 0) is 4.79 Å². The molecule has 0 unspecified atom stereocenters. The Hall–Kier alpha value is -2.64. The standard InChI is InChI=1S/C9H7N3O5/c13-4-11-10-3-6-1-8-9(17-5-16-8)2-7(6)12(14)15/h1-4H,5H2,(H,11,13)/b10-3+. The van der Waals surface area contributed by atoms with Gasteiger partial charge >= 0.3 is 0 Å². The van der Waals surface area contributed by atoms with Crippen LogP contribution in [0.15, 0.2) is 17.2 Å². The molecule has 2 rings (SSSR count). The SMILES string of the molecule is O=CN/N=C/c1cc2c(cc1[N+](=O)[O-])OCO2. The molecule has 1 aliphatic rings. The van der Waals surface area contributed by atoms with Crippen LogP contribution in [0.3, 0.4) is 0 Å². The minimum atomic E-state index is -0.565. The van der Waals surface area contributed by atoms with E-state index in [1.807, 2.05) is 5.43 Å². The molecular weight excluding hydrogens is 230 g/mol. The average Bonchev–Trinajstić information content (AvgIpc) is 2.75. The second kappa shape index (κ2) is 4.47. The number of benzene rings is 1. The van der Waals surface area contributed by atoms with Gasteiger partial charge in [0.05, 0.1) is 22.8 Å². The highest BCUT2D eigenvalue weighted by atomic mass is 16.7. The summed E-state index contributed by atoms with van der Waals surface area (Å²) >= 11 is 0. The first-order valence-electron chi connectivity index (χ1n) is 4.52. The molecule has 1 aromatic rings. The van der Waals surface area contributed by atoms with Gasteiger partial charge in [-0.2, -0.15) is 5.10 Å². The lowest BCUT2D eigenvalue weighted by molar-refractivity contribution is -0.385. The Labute approximate surface area is 95.0 Å². The van der Waals surface area contributed by atoms with Gasteiger partial charge in [0.15, 0.2) is 11.5 Å². The largest absolute Gasteiger partial charge is 0.454 e. The van der Waals surface area contributed by atoms with Crippen LogP contribution in [-0.4, -0.2) is 24.3 Å². The van der Waals surface area contributed by atoms with Crippen molar-refractivity contribution in [3.8, 4) is 11.5 Å². The molecule has 8 heteroatoms. The molecule has 8 nitrogen and oxygen atoms in total. The van der Waals surface area contributed by atoms with E-state index in [1.165, 1.54) is 12.1 Å². The predicted octanol–water partition coefficient (Wildman–Crippen LogP) is 0.403. The second-order valence-corrected chi connectivity index (χ2v) is 3.03. The Kier molecular flexibility index (Phi) is 2.86. The third-order valence-electron chi connectivity index (χ3n) is 2.05. The third-order valence-corrected chi connectivity index (χ3v) is 2.05. The number of hydrazone groups is 1. The summed E-state index contributed by atoms with van der Waals surface area (Å²) in [5, 5.41) is 14.3. The van der Waals surface area contributed by atoms with E-state index in [4.69, 9.17) is 9.47 Å². The summed E-state index contributed by atoms with van der Waals surface area (Å²) < 4.78 is 10.1. The number of nitro groups is 1. The number of hydrogen-bond donors (Lipinski definition) is 1. The summed E-state index contributed by atoms with van der Waals surface area (Å²) in [6.07, 6.45) is 1.52. The number of fused-ring (bicyclic) bond motifs is 1. The second-order valence-electron chi connectivity index (χ2n) is 3.03. The molecule has 0 aromatic heterocycles. The van der Waals surface area contributed by atoms with E-state index in [0.717, 1.165) is 6.21 Å². The number of hydrogen-bond acceptors (Lipinski definition) is 6. The fraction of sp³-hybridized carbons (Fsp3) is 0.111. The van der Waals surface area contributed by atoms with E-state index in [-0.39, 0.29) is 18.0 Å². The maximum atomic E-state index is 10.8. The zero-order valence-electron chi connectivity index (χ0n) is 8.45. The highest BCUT2D eigenvalue weighted by Crippen LogP contribution is 2.37. The molecule has 0 atom stereocenters. The first kappa shape index (κ1) is 10.9. The van der Waals surface area contributed by atoms with Crippen LogP contribution < -0.4 is 14.9 Å². The number of carbonyl (C=O) groups excluding carboxylic acids is 1. The number of nitro benzene ring substituents is 1. The van der Waals surface area contributed by atoms with Crippen molar-refractivity contribution in [2.24, 2.45) is 5.10 Å². The molecule has 0 radical (unpaired) electrons. The lowest BCUT2D eigenvalue weighted by Gasteiger charge is -1.99. The van der Waals surface area contributed by atoms with Crippen LogP contribution >= 0.6 is 0 Å². The van der Waals surface area contributed by atoms with E-state index in [1.54, 1.807) is 0 Å². The summed E-state index contributed by atoms with van der Waals surface area (Å²) in [5.74, 6) is 0.723. The van der Waals surface area contributed by atoms with Gasteiger partial charge in [-0.1, -0.05) is 0 Å². The number of nitrogens with zero attached hydrogens (tertiary/aromatic N) is 2. The van der Waals surface area contributed by atoms with Crippen molar-refractivity contribution in [3.05, 3.63) is 27.8 Å². The third kappa shape index (κ3) is 2.14. The van der Waals surface area contributed by atoms with Gasteiger partial charge in [0.25, 0.3) is 5.69 Å². The quantitative estimate of drug-likeness (QED) is 0.353. The molecule has 1 N–H and O–H groups in total. The molecule has 0 saturated carbocycles. The molecule has 1 aromatic carbocycles. The molecule has 0 spiro atoms. The first-order chi connectivity index (χ1) is 8.22. The predicted molar refractivity (Wildman–Crippen MR) is 56.0 cm³/mol. The summed E-state index contributed by atoms with van der Waals surface area (Å²) in [6.45, 7) is 0.0275. The van der Waals surface area contributed by atoms with Crippen LogP contribution in [0.2, 0.25) is 0 Å². The number of rotatable bonds is 4. The topological polar surface area (TPSA) is 103 Å². The van der Waals surface area contributed by atoms with Gasteiger partial charge < -0.3 is 9.47 Å². The van der Waals surface area contributed by atoms with Crippen LogP contribution in [0, 0.1) is 10.1 Å². The Morgan fingerprint density at radius 3 is 2.76 bits per heavy atom. The van der Waals surface area contributed by atoms with Crippen molar-refractivity contribution in [1.29, 1.82) is 0 Å². The van der Waals surface area contributed by atoms with Gasteiger partial charge in [0.1, 0.15) is 0 Å². The Morgan fingerprint density at radius 1 is 1.41 bits per heavy atom. The monoisotopic (exact) mass is 237 g/mol. The molecule has 1 aliphatic heterocycles. The molecule has 17 heavy (non-hydrogen) atoms. The van der Waals surface area contributed by atoms with E-state index in [2.05, 4.69) is 5.10 Å². The molecule has 0 aliphatic carbocycles. The van der Waals surface area contributed by atoms with E-state index < -0.39 is 4.92 Å². The normalized spacial score (nSPS) is 12.7. The lowest BCUT2D eigenvalue weighted by atomic mass is 10.1. The molecule has 0 bridgehead atoms. The van der Waals surface area contributed by atoms with Gasteiger partial charge in [0, 0.05) is 0 Å². The fourth-order valence-corrected chi connectivity index (χ4v) is 1.35. The van der Waals surface area contributed by atoms with Crippen molar-refractivity contribution in [1.82, 2.24) is 5.43 Å². The highest BCUT2D eigenvalue weighted by molar-refractivity contribution is 5.87. The van der Waals surface area contributed by atoms with Gasteiger partial charge in [0.2, 0.25) is 13.2 Å².